The molecule has 12 nitrogen and oxygen atoms in total. The van der Waals surface area contributed by atoms with Crippen molar-refractivity contribution in [2.24, 2.45) is 17.8 Å². The molecule has 2 rings (SSSR count). The second-order valence-corrected chi connectivity index (χ2v) is 12.1. The van der Waals surface area contributed by atoms with E-state index >= 15 is 0 Å². The number of carbonyl (C=O) groups excluding carboxylic acids is 2. The number of carboxylic acids is 2. The molecule has 0 bridgehead atoms. The van der Waals surface area contributed by atoms with Crippen LogP contribution in [0.15, 0.2) is 36.4 Å². The molecule has 2 heterocycles. The summed E-state index contributed by atoms with van der Waals surface area (Å²) in [6.45, 7) is 14.0. The van der Waals surface area contributed by atoms with Crippen LogP contribution in [0.25, 0.3) is 0 Å². The predicted molar refractivity (Wildman–Crippen MR) is 200 cm³/mol. The number of hydrogen-bond acceptors (Lipinski definition) is 9. The Morgan fingerprint density at radius 2 is 0.902 bits per heavy atom. The van der Waals surface area contributed by atoms with Gasteiger partial charge in [0, 0.05) is 6.61 Å². The summed E-state index contributed by atoms with van der Waals surface area (Å²) in [7, 11) is 0. The van der Waals surface area contributed by atoms with Gasteiger partial charge in [-0.2, -0.15) is 0 Å². The molecule has 5 N–H and O–H groups in total. The predicted octanol–water partition coefficient (Wildman–Crippen LogP) is 8.31. The first-order valence-corrected chi connectivity index (χ1v) is 17.9. The van der Waals surface area contributed by atoms with E-state index in [0.717, 1.165) is 57.8 Å². The number of esters is 2. The van der Waals surface area contributed by atoms with E-state index in [1.165, 1.54) is 37.5 Å². The molecule has 0 aliphatic rings. The maximum atomic E-state index is 12.3. The van der Waals surface area contributed by atoms with Gasteiger partial charge in [0.1, 0.15) is 22.8 Å². The fraction of sp³-hybridized carbons (Fsp3) is 0.641. The van der Waals surface area contributed by atoms with Crippen LogP contribution in [-0.4, -0.2) is 74.5 Å². The Kier molecular flexibility index (Phi) is 32.3. The fourth-order valence-electron chi connectivity index (χ4n) is 4.58. The van der Waals surface area contributed by atoms with Crippen LogP contribution < -0.4 is 0 Å². The SMILES string of the molecule is C.CCCCC(CC)CO.CCCCC(CC)COC(=O)c1cccc(C(=O)OCC(CC)CCCC)n1.O.O=C(O)c1cccc(C(=O)O)n1. The van der Waals surface area contributed by atoms with Crippen molar-refractivity contribution in [1.82, 2.24) is 9.97 Å². The molecule has 292 valence electrons. The summed E-state index contributed by atoms with van der Waals surface area (Å²) >= 11 is 0. The van der Waals surface area contributed by atoms with Crippen molar-refractivity contribution in [3.8, 4) is 0 Å². The molecule has 0 aromatic carbocycles. The van der Waals surface area contributed by atoms with Crippen LogP contribution in [0, 0.1) is 17.8 Å². The summed E-state index contributed by atoms with van der Waals surface area (Å²) < 4.78 is 10.8. The Hall–Kier alpha value is -3.90. The number of aromatic carboxylic acids is 2. The van der Waals surface area contributed by atoms with Crippen molar-refractivity contribution >= 4 is 23.9 Å². The van der Waals surface area contributed by atoms with E-state index in [2.05, 4.69) is 51.5 Å². The lowest BCUT2D eigenvalue weighted by Gasteiger charge is -2.15. The third kappa shape index (κ3) is 23.2. The molecule has 2 aromatic heterocycles. The molecule has 3 atom stereocenters. The first-order chi connectivity index (χ1) is 23.5. The molecule has 0 aliphatic carbocycles. The number of carbonyl (C=O) groups is 4. The van der Waals surface area contributed by atoms with Gasteiger partial charge in [-0.15, -0.1) is 0 Å². The zero-order valence-corrected chi connectivity index (χ0v) is 31.0. The second-order valence-electron chi connectivity index (χ2n) is 12.1. The standard InChI is InChI=1S/C23H37NO4.C8H18O.C7H5NO4.CH4.H2O/c1-5-9-12-18(7-3)16-27-22(25)20-14-11-15-21(24-20)23(26)28-17-19(8-4)13-10-6-2;1-3-5-6-8(4-2)7-9;9-6(10)4-2-1-3-5(8-4)7(11)12;;/h11,14-15,18-19H,5-10,12-13,16-17H2,1-4H3;8-9H,3-7H2,1-2H3;1-3H,(H,9,10)(H,11,12);1H4;1H2. The average molecular weight is 723 g/mol. The fourth-order valence-corrected chi connectivity index (χ4v) is 4.58. The van der Waals surface area contributed by atoms with Crippen molar-refractivity contribution in [2.75, 3.05) is 19.8 Å². The Morgan fingerprint density at radius 3 is 1.20 bits per heavy atom. The molecule has 2 aromatic rings. The largest absolute Gasteiger partial charge is 0.477 e. The van der Waals surface area contributed by atoms with E-state index in [1.54, 1.807) is 18.2 Å². The van der Waals surface area contributed by atoms with Gasteiger partial charge >= 0.3 is 23.9 Å². The summed E-state index contributed by atoms with van der Waals surface area (Å²) in [6, 6.07) is 8.58. The second kappa shape index (κ2) is 32.0. The first kappa shape index (κ1) is 51.5. The number of aromatic nitrogens is 2. The molecule has 3 unspecified atom stereocenters. The molecule has 0 radical (unpaired) electrons. The van der Waals surface area contributed by atoms with Gasteiger partial charge in [-0.3, -0.25) is 0 Å². The van der Waals surface area contributed by atoms with E-state index < -0.39 is 23.9 Å². The van der Waals surface area contributed by atoms with Crippen LogP contribution in [0.4, 0.5) is 0 Å². The normalized spacial score (nSPS) is 11.7. The number of carboxylic acid groups (broad SMARTS) is 2. The third-order valence-electron chi connectivity index (χ3n) is 8.14. The highest BCUT2D eigenvalue weighted by atomic mass is 16.5. The zero-order chi connectivity index (χ0) is 37.0. The number of rotatable bonds is 21. The van der Waals surface area contributed by atoms with Gasteiger partial charge in [0.15, 0.2) is 0 Å². The molecule has 0 aliphatic heterocycles. The Bertz CT molecular complexity index is 1140. The van der Waals surface area contributed by atoms with Gasteiger partial charge in [-0.05, 0) is 61.3 Å². The maximum absolute atomic E-state index is 12.3. The lowest BCUT2D eigenvalue weighted by molar-refractivity contribution is 0.0411. The van der Waals surface area contributed by atoms with Crippen molar-refractivity contribution in [3.63, 3.8) is 0 Å². The van der Waals surface area contributed by atoms with Gasteiger partial charge in [0.05, 0.1) is 13.2 Å². The summed E-state index contributed by atoms with van der Waals surface area (Å²) in [5, 5.41) is 25.6. The summed E-state index contributed by atoms with van der Waals surface area (Å²) in [4.78, 5) is 52.8. The van der Waals surface area contributed by atoms with Crippen LogP contribution in [0.1, 0.15) is 168 Å². The first-order valence-electron chi connectivity index (χ1n) is 17.9. The highest BCUT2D eigenvalue weighted by Crippen LogP contribution is 2.16. The van der Waals surface area contributed by atoms with Crippen LogP contribution in [0.3, 0.4) is 0 Å². The van der Waals surface area contributed by atoms with E-state index in [0.29, 0.717) is 37.6 Å². The number of aliphatic hydroxyl groups excluding tert-OH is 1. The monoisotopic (exact) mass is 722 g/mol. The van der Waals surface area contributed by atoms with E-state index in [-0.39, 0.29) is 35.7 Å². The molecular formula is C39H66N2O10. The minimum absolute atomic E-state index is 0. The molecule has 0 spiro atoms. The van der Waals surface area contributed by atoms with Gasteiger partial charge < -0.3 is 30.3 Å². The van der Waals surface area contributed by atoms with Gasteiger partial charge in [0.2, 0.25) is 0 Å². The van der Waals surface area contributed by atoms with Gasteiger partial charge in [-0.1, -0.05) is 119 Å². The highest BCUT2D eigenvalue weighted by Gasteiger charge is 2.17. The van der Waals surface area contributed by atoms with Crippen molar-refractivity contribution in [3.05, 3.63) is 59.2 Å². The Morgan fingerprint density at radius 1 is 0.588 bits per heavy atom. The smallest absolute Gasteiger partial charge is 0.356 e. The summed E-state index contributed by atoms with van der Waals surface area (Å²) in [6.07, 6.45) is 13.4. The molecule has 12 heteroatoms. The van der Waals surface area contributed by atoms with Crippen LogP contribution in [-0.2, 0) is 9.47 Å². The zero-order valence-electron chi connectivity index (χ0n) is 31.0. The number of aliphatic hydroxyl groups is 1. The van der Waals surface area contributed by atoms with Crippen molar-refractivity contribution in [2.45, 2.75) is 126 Å². The lowest BCUT2D eigenvalue weighted by Crippen LogP contribution is -2.18. The summed E-state index contributed by atoms with van der Waals surface area (Å²) in [5.41, 5.74) is -0.236. The molecule has 0 amide bonds. The number of pyridine rings is 2. The van der Waals surface area contributed by atoms with Gasteiger partial charge in [0.25, 0.3) is 0 Å². The molecular weight excluding hydrogens is 656 g/mol. The van der Waals surface area contributed by atoms with Gasteiger partial charge in [-0.25, -0.2) is 29.1 Å². The molecule has 0 fully saturated rings. The van der Waals surface area contributed by atoms with E-state index in [1.807, 2.05) is 0 Å². The van der Waals surface area contributed by atoms with E-state index in [4.69, 9.17) is 24.8 Å². The maximum Gasteiger partial charge on any atom is 0.356 e. The number of ether oxygens (including phenoxy) is 2. The lowest BCUT2D eigenvalue weighted by atomic mass is 10.0. The molecule has 0 saturated carbocycles. The number of nitrogens with zero attached hydrogens (tertiary/aromatic N) is 2. The van der Waals surface area contributed by atoms with Crippen LogP contribution in [0.2, 0.25) is 0 Å². The van der Waals surface area contributed by atoms with Crippen LogP contribution >= 0.6 is 0 Å². The highest BCUT2D eigenvalue weighted by molar-refractivity contribution is 5.91. The average Bonchev–Trinajstić information content (AvgIpc) is 3.12. The van der Waals surface area contributed by atoms with E-state index in [9.17, 15) is 19.2 Å². The molecule has 0 saturated heterocycles. The Labute approximate surface area is 305 Å². The summed E-state index contributed by atoms with van der Waals surface area (Å²) in [5.74, 6) is -2.16. The minimum atomic E-state index is -1.24. The minimum Gasteiger partial charge on any atom is -0.477 e. The number of hydrogen-bond donors (Lipinski definition) is 3. The van der Waals surface area contributed by atoms with Crippen molar-refractivity contribution < 1.29 is 49.4 Å². The van der Waals surface area contributed by atoms with Crippen LogP contribution in [0.5, 0.6) is 0 Å². The third-order valence-corrected chi connectivity index (χ3v) is 8.14. The quantitative estimate of drug-likeness (QED) is 0.104. The molecule has 51 heavy (non-hydrogen) atoms. The van der Waals surface area contributed by atoms with Crippen molar-refractivity contribution in [1.29, 1.82) is 0 Å². The number of unbranched alkanes of at least 4 members (excludes halogenated alkanes) is 3. The topological polar surface area (TPSA) is 205 Å². The Balaban J connectivity index is -0.000000823.